The van der Waals surface area contributed by atoms with Crippen molar-refractivity contribution in [3.05, 3.63) is 35.6 Å². The summed E-state index contributed by atoms with van der Waals surface area (Å²) in [7, 11) is 0. The SMILES string of the molecule is O=C(NCCCC(=O)N1CCNCC1)c1ccc(F)cc1. The Labute approximate surface area is 123 Å². The van der Waals surface area contributed by atoms with E-state index in [9.17, 15) is 14.0 Å². The van der Waals surface area contributed by atoms with Crippen molar-refractivity contribution in [2.45, 2.75) is 12.8 Å². The Morgan fingerprint density at radius 2 is 1.86 bits per heavy atom. The average molecular weight is 293 g/mol. The highest BCUT2D eigenvalue weighted by molar-refractivity contribution is 5.94. The van der Waals surface area contributed by atoms with E-state index in [1.807, 2.05) is 4.90 Å². The fourth-order valence-corrected chi connectivity index (χ4v) is 2.22. The van der Waals surface area contributed by atoms with Gasteiger partial charge in [-0.1, -0.05) is 0 Å². The van der Waals surface area contributed by atoms with Gasteiger partial charge in [0.15, 0.2) is 0 Å². The first-order chi connectivity index (χ1) is 10.2. The lowest BCUT2D eigenvalue weighted by atomic mass is 10.2. The minimum atomic E-state index is -0.367. The predicted octanol–water partition coefficient (Wildman–Crippen LogP) is 0.767. The fourth-order valence-electron chi connectivity index (χ4n) is 2.22. The van der Waals surface area contributed by atoms with Gasteiger partial charge in [-0.3, -0.25) is 9.59 Å². The highest BCUT2D eigenvalue weighted by Gasteiger charge is 2.15. The molecule has 2 amide bonds. The molecule has 1 aliphatic rings. The molecule has 0 spiro atoms. The monoisotopic (exact) mass is 293 g/mol. The zero-order valence-electron chi connectivity index (χ0n) is 11.9. The molecule has 0 saturated carbocycles. The molecule has 1 aliphatic heterocycles. The summed E-state index contributed by atoms with van der Waals surface area (Å²) >= 11 is 0. The molecule has 1 aromatic carbocycles. The van der Waals surface area contributed by atoms with E-state index in [0.717, 1.165) is 26.2 Å². The normalized spacial score (nSPS) is 14.8. The summed E-state index contributed by atoms with van der Waals surface area (Å²) in [4.78, 5) is 25.5. The smallest absolute Gasteiger partial charge is 0.251 e. The summed E-state index contributed by atoms with van der Waals surface area (Å²) < 4.78 is 12.7. The Balaban J connectivity index is 1.66. The number of hydrogen-bond donors (Lipinski definition) is 2. The number of nitrogens with zero attached hydrogens (tertiary/aromatic N) is 1. The summed E-state index contributed by atoms with van der Waals surface area (Å²) in [5, 5.41) is 5.93. The number of halogens is 1. The van der Waals surface area contributed by atoms with Crippen molar-refractivity contribution < 1.29 is 14.0 Å². The third-order valence-corrected chi connectivity index (χ3v) is 3.43. The van der Waals surface area contributed by atoms with Crippen molar-refractivity contribution in [2.75, 3.05) is 32.7 Å². The van der Waals surface area contributed by atoms with Crippen LogP contribution >= 0.6 is 0 Å². The number of benzene rings is 1. The van der Waals surface area contributed by atoms with Gasteiger partial charge in [0.1, 0.15) is 5.82 Å². The van der Waals surface area contributed by atoms with Crippen LogP contribution in [0.3, 0.4) is 0 Å². The van der Waals surface area contributed by atoms with E-state index in [1.54, 1.807) is 0 Å². The standard InChI is InChI=1S/C15H20FN3O2/c16-13-5-3-12(4-6-13)15(21)18-7-1-2-14(20)19-10-8-17-9-11-19/h3-6,17H,1-2,7-11H2,(H,18,21). The van der Waals surface area contributed by atoms with Crippen molar-refractivity contribution in [3.63, 3.8) is 0 Å². The molecule has 0 aliphatic carbocycles. The van der Waals surface area contributed by atoms with E-state index in [-0.39, 0.29) is 17.6 Å². The number of hydrogen-bond acceptors (Lipinski definition) is 3. The summed E-state index contributed by atoms with van der Waals surface area (Å²) in [6, 6.07) is 5.39. The third-order valence-electron chi connectivity index (χ3n) is 3.43. The van der Waals surface area contributed by atoms with Gasteiger partial charge in [-0.05, 0) is 30.7 Å². The Morgan fingerprint density at radius 1 is 1.19 bits per heavy atom. The molecule has 1 saturated heterocycles. The second-order valence-corrected chi connectivity index (χ2v) is 5.00. The number of carbonyl (C=O) groups is 2. The summed E-state index contributed by atoms with van der Waals surface area (Å²) in [5.41, 5.74) is 0.421. The molecule has 2 N–H and O–H groups in total. The van der Waals surface area contributed by atoms with Crippen molar-refractivity contribution in [1.82, 2.24) is 15.5 Å². The van der Waals surface area contributed by atoms with Gasteiger partial charge in [0, 0.05) is 44.7 Å². The lowest BCUT2D eigenvalue weighted by Crippen LogP contribution is -2.46. The molecule has 6 heteroatoms. The first kappa shape index (κ1) is 15.4. The summed E-state index contributed by atoms with van der Waals surface area (Å²) in [5.74, 6) is -0.481. The summed E-state index contributed by atoms with van der Waals surface area (Å²) in [6.07, 6.45) is 1.04. The van der Waals surface area contributed by atoms with Crippen LogP contribution in [0.2, 0.25) is 0 Å². The first-order valence-corrected chi connectivity index (χ1v) is 7.19. The van der Waals surface area contributed by atoms with Gasteiger partial charge < -0.3 is 15.5 Å². The fraction of sp³-hybridized carbons (Fsp3) is 0.467. The maximum absolute atomic E-state index is 12.7. The molecular formula is C15H20FN3O2. The maximum Gasteiger partial charge on any atom is 0.251 e. The van der Waals surface area contributed by atoms with Crippen LogP contribution in [0.15, 0.2) is 24.3 Å². The van der Waals surface area contributed by atoms with E-state index < -0.39 is 0 Å². The molecule has 0 bridgehead atoms. The zero-order chi connectivity index (χ0) is 15.1. The second kappa shape index (κ2) is 7.73. The third kappa shape index (κ3) is 4.82. The van der Waals surface area contributed by atoms with E-state index in [2.05, 4.69) is 10.6 Å². The lowest BCUT2D eigenvalue weighted by molar-refractivity contribution is -0.131. The minimum Gasteiger partial charge on any atom is -0.352 e. The molecule has 21 heavy (non-hydrogen) atoms. The van der Waals surface area contributed by atoms with Crippen molar-refractivity contribution in [1.29, 1.82) is 0 Å². The largest absolute Gasteiger partial charge is 0.352 e. The Bertz CT molecular complexity index is 484. The van der Waals surface area contributed by atoms with Crippen LogP contribution in [-0.2, 0) is 4.79 Å². The molecule has 2 rings (SSSR count). The lowest BCUT2D eigenvalue weighted by Gasteiger charge is -2.27. The first-order valence-electron chi connectivity index (χ1n) is 7.19. The number of carbonyl (C=O) groups excluding carboxylic acids is 2. The van der Waals surface area contributed by atoms with E-state index >= 15 is 0 Å². The zero-order valence-corrected chi connectivity index (χ0v) is 11.9. The number of nitrogens with one attached hydrogen (secondary N) is 2. The molecule has 0 radical (unpaired) electrons. The molecule has 1 fully saturated rings. The van der Waals surface area contributed by atoms with Crippen LogP contribution in [0, 0.1) is 5.82 Å². The highest BCUT2D eigenvalue weighted by atomic mass is 19.1. The highest BCUT2D eigenvalue weighted by Crippen LogP contribution is 2.03. The van der Waals surface area contributed by atoms with Crippen molar-refractivity contribution in [3.8, 4) is 0 Å². The van der Waals surface area contributed by atoms with Gasteiger partial charge in [0.2, 0.25) is 5.91 Å². The molecule has 0 unspecified atom stereocenters. The number of piperazine rings is 1. The predicted molar refractivity (Wildman–Crippen MR) is 77.4 cm³/mol. The molecular weight excluding hydrogens is 273 g/mol. The topological polar surface area (TPSA) is 61.4 Å². The quantitative estimate of drug-likeness (QED) is 0.788. The van der Waals surface area contributed by atoms with Crippen molar-refractivity contribution >= 4 is 11.8 Å². The van der Waals surface area contributed by atoms with Gasteiger partial charge in [-0.25, -0.2) is 4.39 Å². The maximum atomic E-state index is 12.7. The molecule has 1 aromatic rings. The Hall–Kier alpha value is -1.95. The number of rotatable bonds is 5. The van der Waals surface area contributed by atoms with Crippen LogP contribution < -0.4 is 10.6 Å². The Morgan fingerprint density at radius 3 is 2.52 bits per heavy atom. The molecule has 0 atom stereocenters. The van der Waals surface area contributed by atoms with E-state index in [4.69, 9.17) is 0 Å². The Kier molecular flexibility index (Phi) is 5.68. The van der Waals surface area contributed by atoms with E-state index in [1.165, 1.54) is 24.3 Å². The van der Waals surface area contributed by atoms with Gasteiger partial charge in [-0.2, -0.15) is 0 Å². The molecule has 0 aromatic heterocycles. The van der Waals surface area contributed by atoms with Crippen LogP contribution in [0.5, 0.6) is 0 Å². The van der Waals surface area contributed by atoms with Crippen LogP contribution in [0.25, 0.3) is 0 Å². The van der Waals surface area contributed by atoms with Crippen LogP contribution in [0.1, 0.15) is 23.2 Å². The minimum absolute atomic E-state index is 0.132. The van der Waals surface area contributed by atoms with Crippen LogP contribution in [0.4, 0.5) is 4.39 Å². The van der Waals surface area contributed by atoms with Gasteiger partial charge >= 0.3 is 0 Å². The van der Waals surface area contributed by atoms with Crippen molar-refractivity contribution in [2.24, 2.45) is 0 Å². The summed E-state index contributed by atoms with van der Waals surface area (Å²) in [6.45, 7) is 3.62. The molecule has 114 valence electrons. The van der Waals surface area contributed by atoms with E-state index in [0.29, 0.717) is 24.9 Å². The second-order valence-electron chi connectivity index (χ2n) is 5.00. The molecule has 5 nitrogen and oxygen atoms in total. The van der Waals surface area contributed by atoms with Gasteiger partial charge in [0.25, 0.3) is 5.91 Å². The van der Waals surface area contributed by atoms with Crippen LogP contribution in [-0.4, -0.2) is 49.4 Å². The van der Waals surface area contributed by atoms with Gasteiger partial charge in [-0.15, -0.1) is 0 Å². The number of amides is 2. The average Bonchev–Trinajstić information content (AvgIpc) is 2.52. The molecule has 1 heterocycles. The van der Waals surface area contributed by atoms with Gasteiger partial charge in [0.05, 0.1) is 0 Å².